The van der Waals surface area contributed by atoms with Gasteiger partial charge in [-0.25, -0.2) is 9.48 Å². The van der Waals surface area contributed by atoms with Crippen LogP contribution in [0.5, 0.6) is 0 Å². The van der Waals surface area contributed by atoms with Crippen LogP contribution < -0.4 is 5.32 Å². The Balaban J connectivity index is 1.52. The van der Waals surface area contributed by atoms with Crippen LogP contribution in [0.2, 0.25) is 0 Å². The molecule has 0 unspecified atom stereocenters. The smallest absolute Gasteiger partial charge is 0.316 e. The van der Waals surface area contributed by atoms with Gasteiger partial charge in [-0.15, -0.1) is 0 Å². The van der Waals surface area contributed by atoms with E-state index in [1.54, 1.807) is 12.4 Å². The number of hydrogen-bond acceptors (Lipinski definition) is 3. The number of amides is 2. The molecule has 0 bridgehead atoms. The predicted molar refractivity (Wildman–Crippen MR) is 95.2 cm³/mol. The molecule has 1 saturated heterocycles. The third-order valence-corrected chi connectivity index (χ3v) is 5.56. The standard InChI is InChI=1S/C18H26N6O/c1-13(14-6-7-14)24-17(9-11-20-24)21-18(25)23-12-4-3-5-16(23)15-8-10-19-22(15)2/h8-11,13-14,16H,3-7,12H2,1-2H3,(H,21,25)/t13-,16+/m1/s1. The number of urea groups is 1. The Kier molecular flexibility index (Phi) is 4.23. The van der Waals surface area contributed by atoms with Gasteiger partial charge in [0, 0.05) is 25.9 Å². The van der Waals surface area contributed by atoms with Gasteiger partial charge in [0.2, 0.25) is 0 Å². The van der Waals surface area contributed by atoms with Gasteiger partial charge in [0.25, 0.3) is 0 Å². The molecule has 2 fully saturated rings. The maximum Gasteiger partial charge on any atom is 0.323 e. The summed E-state index contributed by atoms with van der Waals surface area (Å²) in [7, 11) is 1.94. The number of nitrogens with zero attached hydrogens (tertiary/aromatic N) is 5. The maximum absolute atomic E-state index is 13.0. The van der Waals surface area contributed by atoms with E-state index in [-0.39, 0.29) is 12.1 Å². The monoisotopic (exact) mass is 342 g/mol. The minimum Gasteiger partial charge on any atom is -0.316 e. The van der Waals surface area contributed by atoms with Crippen LogP contribution in [-0.4, -0.2) is 37.0 Å². The van der Waals surface area contributed by atoms with E-state index in [9.17, 15) is 4.79 Å². The molecule has 25 heavy (non-hydrogen) atoms. The van der Waals surface area contributed by atoms with E-state index < -0.39 is 0 Å². The third kappa shape index (κ3) is 3.15. The van der Waals surface area contributed by atoms with Crippen molar-refractivity contribution in [2.45, 2.75) is 51.1 Å². The van der Waals surface area contributed by atoms with Crippen molar-refractivity contribution in [2.24, 2.45) is 13.0 Å². The number of aromatic nitrogens is 4. The SMILES string of the molecule is C[C@H](C1CC1)n1nccc1NC(=O)N1CCCC[C@H]1c1ccnn1C. The lowest BCUT2D eigenvalue weighted by Crippen LogP contribution is -2.42. The number of likely N-dealkylation sites (tertiary alicyclic amines) is 1. The van der Waals surface area contributed by atoms with Crippen LogP contribution in [0.15, 0.2) is 24.5 Å². The van der Waals surface area contributed by atoms with Gasteiger partial charge in [-0.3, -0.25) is 10.00 Å². The molecule has 1 aliphatic heterocycles. The van der Waals surface area contributed by atoms with Crippen molar-refractivity contribution >= 4 is 11.8 Å². The van der Waals surface area contributed by atoms with Crippen molar-refractivity contribution in [2.75, 3.05) is 11.9 Å². The summed E-state index contributed by atoms with van der Waals surface area (Å²) >= 11 is 0. The second-order valence-electron chi connectivity index (χ2n) is 7.25. The number of aryl methyl sites for hydroxylation is 1. The Labute approximate surface area is 148 Å². The van der Waals surface area contributed by atoms with Crippen LogP contribution in [0.4, 0.5) is 10.6 Å². The molecule has 7 heteroatoms. The Morgan fingerprint density at radius 2 is 2.00 bits per heavy atom. The van der Waals surface area contributed by atoms with E-state index in [0.717, 1.165) is 37.3 Å². The van der Waals surface area contributed by atoms with Crippen LogP contribution in [0.3, 0.4) is 0 Å². The van der Waals surface area contributed by atoms with Crippen LogP contribution in [-0.2, 0) is 7.05 Å². The molecule has 3 heterocycles. The van der Waals surface area contributed by atoms with E-state index in [1.807, 2.05) is 33.4 Å². The lowest BCUT2D eigenvalue weighted by atomic mass is 10.00. The zero-order chi connectivity index (χ0) is 17.4. The second-order valence-corrected chi connectivity index (χ2v) is 7.25. The lowest BCUT2D eigenvalue weighted by molar-refractivity contribution is 0.159. The Bertz CT molecular complexity index is 746. The average molecular weight is 342 g/mol. The number of anilines is 1. The molecule has 7 nitrogen and oxygen atoms in total. The third-order valence-electron chi connectivity index (χ3n) is 5.56. The van der Waals surface area contributed by atoms with Crippen molar-refractivity contribution in [1.29, 1.82) is 0 Å². The van der Waals surface area contributed by atoms with Crippen LogP contribution in [0.1, 0.15) is 56.8 Å². The Morgan fingerprint density at radius 1 is 1.20 bits per heavy atom. The Morgan fingerprint density at radius 3 is 2.72 bits per heavy atom. The lowest BCUT2D eigenvalue weighted by Gasteiger charge is -2.35. The van der Waals surface area contributed by atoms with Gasteiger partial charge in [-0.1, -0.05) is 0 Å². The van der Waals surface area contributed by atoms with E-state index in [1.165, 1.54) is 12.8 Å². The number of hydrogen-bond donors (Lipinski definition) is 1. The number of carbonyl (C=O) groups excluding carboxylic acids is 1. The molecular formula is C18H26N6O. The fourth-order valence-electron chi connectivity index (χ4n) is 3.89. The molecule has 1 saturated carbocycles. The van der Waals surface area contributed by atoms with Gasteiger partial charge in [-0.2, -0.15) is 10.2 Å². The van der Waals surface area contributed by atoms with Crippen LogP contribution >= 0.6 is 0 Å². The van der Waals surface area contributed by atoms with Crippen molar-refractivity contribution in [3.05, 3.63) is 30.2 Å². The molecule has 2 aromatic heterocycles. The normalized spacial score (nSPS) is 22.0. The fourth-order valence-corrected chi connectivity index (χ4v) is 3.89. The van der Waals surface area contributed by atoms with Crippen molar-refractivity contribution < 1.29 is 4.79 Å². The molecule has 2 amide bonds. The number of nitrogens with one attached hydrogen (secondary N) is 1. The highest BCUT2D eigenvalue weighted by atomic mass is 16.2. The van der Waals surface area contributed by atoms with Gasteiger partial charge >= 0.3 is 6.03 Å². The largest absolute Gasteiger partial charge is 0.323 e. The molecule has 0 spiro atoms. The zero-order valence-electron chi connectivity index (χ0n) is 14.9. The van der Waals surface area contributed by atoms with E-state index in [2.05, 4.69) is 22.4 Å². The highest BCUT2D eigenvalue weighted by molar-refractivity contribution is 5.88. The van der Waals surface area contributed by atoms with Crippen LogP contribution in [0.25, 0.3) is 0 Å². The first kappa shape index (κ1) is 16.2. The number of piperidine rings is 1. The summed E-state index contributed by atoms with van der Waals surface area (Å²) in [6.07, 6.45) is 9.22. The fraction of sp³-hybridized carbons (Fsp3) is 0.611. The van der Waals surface area contributed by atoms with Crippen LogP contribution in [0, 0.1) is 5.92 Å². The van der Waals surface area contributed by atoms with E-state index >= 15 is 0 Å². The summed E-state index contributed by atoms with van der Waals surface area (Å²) in [4.78, 5) is 14.9. The first-order valence-corrected chi connectivity index (χ1v) is 9.24. The minimum absolute atomic E-state index is 0.0457. The first-order chi connectivity index (χ1) is 12.1. The van der Waals surface area contributed by atoms with Gasteiger partial charge < -0.3 is 4.90 Å². The summed E-state index contributed by atoms with van der Waals surface area (Å²) in [6, 6.07) is 4.27. The summed E-state index contributed by atoms with van der Waals surface area (Å²) in [6.45, 7) is 2.95. The van der Waals surface area contributed by atoms with Gasteiger partial charge in [0.15, 0.2) is 0 Å². The molecule has 0 aromatic carbocycles. The first-order valence-electron chi connectivity index (χ1n) is 9.24. The topological polar surface area (TPSA) is 68.0 Å². The molecule has 0 radical (unpaired) electrons. The second kappa shape index (κ2) is 6.54. The highest BCUT2D eigenvalue weighted by Crippen LogP contribution is 2.40. The molecule has 2 aromatic rings. The number of rotatable bonds is 4. The molecule has 2 aliphatic rings. The molecular weight excluding hydrogens is 316 g/mol. The van der Waals surface area contributed by atoms with Gasteiger partial charge in [0.05, 0.1) is 24.0 Å². The zero-order valence-corrected chi connectivity index (χ0v) is 14.9. The average Bonchev–Trinajstić information content (AvgIpc) is 3.23. The summed E-state index contributed by atoms with van der Waals surface area (Å²) in [5.41, 5.74) is 1.09. The van der Waals surface area contributed by atoms with Crippen molar-refractivity contribution in [3.8, 4) is 0 Å². The summed E-state index contributed by atoms with van der Waals surface area (Å²) < 4.78 is 3.83. The summed E-state index contributed by atoms with van der Waals surface area (Å²) in [5.74, 6) is 1.48. The van der Waals surface area contributed by atoms with Gasteiger partial charge in [-0.05, 0) is 51.0 Å². The molecule has 2 atom stereocenters. The quantitative estimate of drug-likeness (QED) is 0.926. The molecule has 134 valence electrons. The minimum atomic E-state index is -0.0457. The van der Waals surface area contributed by atoms with E-state index in [4.69, 9.17) is 0 Å². The highest BCUT2D eigenvalue weighted by Gasteiger charge is 2.33. The summed E-state index contributed by atoms with van der Waals surface area (Å²) in [5, 5.41) is 11.8. The molecule has 1 N–H and O–H groups in total. The van der Waals surface area contributed by atoms with Crippen molar-refractivity contribution in [3.63, 3.8) is 0 Å². The predicted octanol–water partition coefficient (Wildman–Crippen LogP) is 3.35. The molecule has 4 rings (SSSR count). The molecule has 1 aliphatic carbocycles. The number of carbonyl (C=O) groups is 1. The van der Waals surface area contributed by atoms with Gasteiger partial charge in [0.1, 0.15) is 5.82 Å². The van der Waals surface area contributed by atoms with E-state index in [0.29, 0.717) is 12.0 Å². The van der Waals surface area contributed by atoms with Crippen molar-refractivity contribution in [1.82, 2.24) is 24.5 Å². The Hall–Kier alpha value is -2.31. The maximum atomic E-state index is 13.0.